The average Bonchev–Trinajstić information content (AvgIpc) is 2.80. The zero-order valence-corrected chi connectivity index (χ0v) is 20.3. The van der Waals surface area contributed by atoms with Crippen LogP contribution in [0.1, 0.15) is 13.8 Å². The van der Waals surface area contributed by atoms with Gasteiger partial charge in [0, 0.05) is 18.3 Å². The highest BCUT2D eigenvalue weighted by Gasteiger charge is 2.06. The number of anilines is 2. The number of hydrogen-bond acceptors (Lipinski definition) is 5. The molecule has 0 unspecified atom stereocenters. The summed E-state index contributed by atoms with van der Waals surface area (Å²) < 4.78 is 4.80. The van der Waals surface area contributed by atoms with Gasteiger partial charge in [-0.1, -0.05) is 48.5 Å². The zero-order valence-electron chi connectivity index (χ0n) is 18.7. The number of thiocarbonyl (C=S) groups is 2. The Labute approximate surface area is 208 Å². The Morgan fingerprint density at radius 3 is 1.38 bits per heavy atom. The van der Waals surface area contributed by atoms with Gasteiger partial charge in [-0.05, 0) is 77.9 Å². The van der Waals surface area contributed by atoms with E-state index < -0.39 is 6.09 Å². The van der Waals surface area contributed by atoms with Gasteiger partial charge in [0.05, 0.1) is 6.61 Å². The molecule has 0 aliphatic carbocycles. The molecule has 7 nitrogen and oxygen atoms in total. The molecule has 3 aromatic rings. The maximum Gasteiger partial charge on any atom is 0.413 e. The Morgan fingerprint density at radius 1 is 0.676 bits per heavy atom. The second-order valence-corrected chi connectivity index (χ2v) is 7.98. The summed E-state index contributed by atoms with van der Waals surface area (Å²) in [6.07, 6.45) is -0.587. The van der Waals surface area contributed by atoms with Crippen LogP contribution in [-0.2, 0) is 9.53 Å². The first kappa shape index (κ1) is 24.8. The molecule has 0 bridgehead atoms. The van der Waals surface area contributed by atoms with Crippen molar-refractivity contribution in [3.63, 3.8) is 0 Å². The third kappa shape index (κ3) is 7.36. The van der Waals surface area contributed by atoms with E-state index in [2.05, 4.69) is 45.5 Å². The van der Waals surface area contributed by atoms with Crippen molar-refractivity contribution in [3.05, 3.63) is 72.8 Å². The quantitative estimate of drug-likeness (QED) is 0.360. The lowest BCUT2D eigenvalue weighted by Crippen LogP contribution is -2.34. The summed E-state index contributed by atoms with van der Waals surface area (Å²) in [4.78, 5) is 22.5. The number of carbonyl (C=O) groups excluding carboxylic acids is 2. The molecule has 0 aliphatic heterocycles. The number of benzene rings is 3. The number of carbonyl (C=O) groups is 2. The van der Waals surface area contributed by atoms with Gasteiger partial charge in [-0.15, -0.1) is 0 Å². The van der Waals surface area contributed by atoms with Crippen molar-refractivity contribution >= 4 is 58.0 Å². The number of hydrogen-bond donors (Lipinski definition) is 4. The zero-order chi connectivity index (χ0) is 24.5. The van der Waals surface area contributed by atoms with Crippen molar-refractivity contribution in [1.82, 2.24) is 10.6 Å². The van der Waals surface area contributed by atoms with Gasteiger partial charge < -0.3 is 20.7 Å². The average molecular weight is 493 g/mol. The monoisotopic (exact) mass is 492 g/mol. The smallest absolute Gasteiger partial charge is 0.413 e. The van der Waals surface area contributed by atoms with Crippen LogP contribution in [0.2, 0.25) is 0 Å². The van der Waals surface area contributed by atoms with E-state index in [1.54, 1.807) is 6.92 Å². The van der Waals surface area contributed by atoms with E-state index in [9.17, 15) is 9.59 Å². The molecule has 3 rings (SSSR count). The molecule has 2 amide bonds. The summed E-state index contributed by atoms with van der Waals surface area (Å²) in [6.45, 7) is 3.41. The predicted octanol–water partition coefficient (Wildman–Crippen LogP) is 5.30. The normalized spacial score (nSPS) is 10.1. The third-order valence-corrected chi connectivity index (χ3v) is 5.03. The maximum atomic E-state index is 11.4. The largest absolute Gasteiger partial charge is 0.450 e. The summed E-state index contributed by atoms with van der Waals surface area (Å²) in [7, 11) is 0. The Hall–Kier alpha value is -3.82. The molecule has 174 valence electrons. The van der Waals surface area contributed by atoms with Gasteiger partial charge in [-0.25, -0.2) is 4.79 Å². The van der Waals surface area contributed by atoms with E-state index in [0.717, 1.165) is 33.6 Å². The van der Waals surface area contributed by atoms with Gasteiger partial charge in [0.2, 0.25) is 5.91 Å². The van der Waals surface area contributed by atoms with E-state index in [-0.39, 0.29) is 22.7 Å². The molecule has 0 fully saturated rings. The molecule has 0 heterocycles. The Morgan fingerprint density at radius 2 is 1.03 bits per heavy atom. The number of amides is 2. The first-order valence-electron chi connectivity index (χ1n) is 10.5. The van der Waals surface area contributed by atoms with Crippen LogP contribution in [0, 0.1) is 0 Å². The van der Waals surface area contributed by atoms with E-state index >= 15 is 0 Å². The summed E-state index contributed by atoms with van der Waals surface area (Å²) in [5, 5.41) is 11.3. The van der Waals surface area contributed by atoms with E-state index in [4.69, 9.17) is 29.2 Å². The van der Waals surface area contributed by atoms with Crippen molar-refractivity contribution in [3.8, 4) is 22.3 Å². The Balaban J connectivity index is 1.61. The lowest BCUT2D eigenvalue weighted by Gasteiger charge is -2.11. The maximum absolute atomic E-state index is 11.4. The van der Waals surface area contributed by atoms with Gasteiger partial charge in [-0.3, -0.25) is 10.1 Å². The van der Waals surface area contributed by atoms with Crippen LogP contribution in [0.25, 0.3) is 22.3 Å². The van der Waals surface area contributed by atoms with Gasteiger partial charge in [0.25, 0.3) is 0 Å². The summed E-state index contributed by atoms with van der Waals surface area (Å²) >= 11 is 10.2. The van der Waals surface area contributed by atoms with E-state index in [0.29, 0.717) is 0 Å². The molecule has 3 aromatic carbocycles. The van der Waals surface area contributed by atoms with Crippen molar-refractivity contribution in [1.29, 1.82) is 0 Å². The van der Waals surface area contributed by atoms with Crippen molar-refractivity contribution in [2.45, 2.75) is 13.8 Å². The first-order valence-corrected chi connectivity index (χ1v) is 11.3. The van der Waals surface area contributed by atoms with Crippen molar-refractivity contribution < 1.29 is 14.3 Å². The molecule has 0 aromatic heterocycles. The fourth-order valence-electron chi connectivity index (χ4n) is 3.09. The number of alkyl carbamates (subject to hydrolysis) is 1. The second kappa shape index (κ2) is 11.9. The van der Waals surface area contributed by atoms with Gasteiger partial charge in [-0.2, -0.15) is 0 Å². The molecule has 0 aliphatic rings. The minimum Gasteiger partial charge on any atom is -0.450 e. The molecule has 0 saturated carbocycles. The van der Waals surface area contributed by atoms with Crippen molar-refractivity contribution in [2.24, 2.45) is 0 Å². The summed E-state index contributed by atoms with van der Waals surface area (Å²) in [5.74, 6) is -0.213. The molecule has 0 atom stereocenters. The topological polar surface area (TPSA) is 91.5 Å². The van der Waals surface area contributed by atoms with Crippen LogP contribution >= 0.6 is 24.4 Å². The van der Waals surface area contributed by atoms with Crippen LogP contribution in [0.15, 0.2) is 72.8 Å². The SMILES string of the molecule is CCOC(=O)NC(=S)Nc1ccc(-c2ccc(-c3ccc(NC(=S)NC(C)=O)cc3)cc2)cc1. The first-order chi connectivity index (χ1) is 16.3. The van der Waals surface area contributed by atoms with E-state index in [1.165, 1.54) is 6.92 Å². The molecule has 9 heteroatoms. The van der Waals surface area contributed by atoms with Crippen LogP contribution in [-0.4, -0.2) is 28.8 Å². The van der Waals surface area contributed by atoms with Crippen LogP contribution in [0.4, 0.5) is 16.2 Å². The standard InChI is InChI=1S/C25H24N4O3S2/c1-3-32-25(31)29-24(34)28-22-14-10-20(11-15-22)18-6-4-17(5-7-18)19-8-12-21(13-9-19)27-23(33)26-16(2)30/h4-15H,3H2,1-2H3,(H2,26,27,30,33)(H2,28,29,31,34). The Bertz CT molecular complexity index is 1180. The minimum absolute atomic E-state index is 0.175. The van der Waals surface area contributed by atoms with Crippen molar-refractivity contribution in [2.75, 3.05) is 17.2 Å². The van der Waals surface area contributed by atoms with E-state index in [1.807, 2.05) is 48.5 Å². The highest BCUT2D eigenvalue weighted by atomic mass is 32.1. The van der Waals surface area contributed by atoms with Crippen LogP contribution in [0.5, 0.6) is 0 Å². The molecule has 0 radical (unpaired) electrons. The second-order valence-electron chi connectivity index (χ2n) is 7.17. The number of ether oxygens (including phenoxy) is 1. The molecule has 34 heavy (non-hydrogen) atoms. The Kier molecular flexibility index (Phi) is 8.66. The van der Waals surface area contributed by atoms with Gasteiger partial charge in [0.15, 0.2) is 10.2 Å². The number of nitrogens with one attached hydrogen (secondary N) is 4. The molecule has 0 spiro atoms. The minimum atomic E-state index is -0.587. The molecule has 4 N–H and O–H groups in total. The van der Waals surface area contributed by atoms with Gasteiger partial charge >= 0.3 is 6.09 Å². The molecule has 0 saturated heterocycles. The number of rotatable bonds is 5. The van der Waals surface area contributed by atoms with Crippen LogP contribution in [0.3, 0.4) is 0 Å². The lowest BCUT2D eigenvalue weighted by atomic mass is 10.00. The fourth-order valence-corrected chi connectivity index (χ4v) is 3.55. The predicted molar refractivity (Wildman–Crippen MR) is 144 cm³/mol. The third-order valence-electron chi connectivity index (χ3n) is 4.62. The van der Waals surface area contributed by atoms with Gasteiger partial charge in [0.1, 0.15) is 0 Å². The summed E-state index contributed by atoms with van der Waals surface area (Å²) in [6, 6.07) is 23.8. The fraction of sp³-hybridized carbons (Fsp3) is 0.120. The molecular formula is C25H24N4O3S2. The summed E-state index contributed by atoms with van der Waals surface area (Å²) in [5.41, 5.74) is 5.81. The highest BCUT2D eigenvalue weighted by Crippen LogP contribution is 2.26. The van der Waals surface area contributed by atoms with Crippen LogP contribution < -0.4 is 21.3 Å². The molecular weight excluding hydrogens is 468 g/mol. The lowest BCUT2D eigenvalue weighted by molar-refractivity contribution is -0.117. The highest BCUT2D eigenvalue weighted by molar-refractivity contribution is 7.80.